The molecule has 1 atom stereocenters. The number of hydrogen-bond donors (Lipinski definition) is 1. The molecule has 1 aliphatic rings. The van der Waals surface area contributed by atoms with Gasteiger partial charge in [0.25, 0.3) is 5.91 Å². The van der Waals surface area contributed by atoms with Crippen LogP contribution in [0.1, 0.15) is 38.5 Å². The minimum Gasteiger partial charge on any atom is -0.503 e. The lowest BCUT2D eigenvalue weighted by Gasteiger charge is -2.25. The number of amides is 1. The van der Waals surface area contributed by atoms with Gasteiger partial charge in [-0.3, -0.25) is 9.59 Å². The highest BCUT2D eigenvalue weighted by Gasteiger charge is 2.46. The van der Waals surface area contributed by atoms with Gasteiger partial charge in [-0.2, -0.15) is 0 Å². The second-order valence-electron chi connectivity index (χ2n) is 8.53. The maximum Gasteiger partial charge on any atom is 0.290 e. The number of rotatable bonds is 7. The molecule has 0 spiro atoms. The highest BCUT2D eigenvalue weighted by molar-refractivity contribution is 7.17. The normalized spacial score (nSPS) is 15.6. The van der Waals surface area contributed by atoms with Crippen LogP contribution in [0.25, 0.3) is 10.6 Å². The quantitative estimate of drug-likeness (QED) is 0.322. The van der Waals surface area contributed by atoms with Gasteiger partial charge in [0.2, 0.25) is 5.78 Å². The molecule has 7 nitrogen and oxygen atoms in total. The van der Waals surface area contributed by atoms with Crippen LogP contribution in [0.3, 0.4) is 0 Å². The molecule has 1 unspecified atom stereocenters. The van der Waals surface area contributed by atoms with Crippen LogP contribution in [0, 0.1) is 13.8 Å². The Bertz CT molecular complexity index is 1480. The Hall–Kier alpha value is -4.17. The van der Waals surface area contributed by atoms with E-state index >= 15 is 0 Å². The average molecular weight is 501 g/mol. The number of thiazole rings is 1. The fraction of sp³-hybridized carbons (Fsp3) is 0.179. The molecular formula is C28H24N2O5S. The minimum absolute atomic E-state index is 0.0105. The van der Waals surface area contributed by atoms with Crippen molar-refractivity contribution < 1.29 is 23.8 Å². The summed E-state index contributed by atoms with van der Waals surface area (Å²) in [4.78, 5) is 33.6. The monoisotopic (exact) mass is 500 g/mol. The van der Waals surface area contributed by atoms with E-state index in [1.807, 2.05) is 54.6 Å². The predicted molar refractivity (Wildman–Crippen MR) is 136 cm³/mol. The largest absolute Gasteiger partial charge is 0.503 e. The van der Waals surface area contributed by atoms with Crippen LogP contribution in [0.2, 0.25) is 0 Å². The van der Waals surface area contributed by atoms with Gasteiger partial charge >= 0.3 is 0 Å². The lowest BCUT2D eigenvalue weighted by molar-refractivity contribution is -0.130. The van der Waals surface area contributed by atoms with Gasteiger partial charge in [-0.15, -0.1) is 11.3 Å². The van der Waals surface area contributed by atoms with Crippen LogP contribution in [0.4, 0.5) is 0 Å². The molecule has 0 radical (unpaired) electrons. The molecular weight excluding hydrogens is 476 g/mol. The summed E-state index contributed by atoms with van der Waals surface area (Å²) < 4.78 is 11.2. The highest BCUT2D eigenvalue weighted by atomic mass is 32.1. The summed E-state index contributed by atoms with van der Waals surface area (Å²) in [6, 6.07) is 19.5. The summed E-state index contributed by atoms with van der Waals surface area (Å²) in [6.07, 6.45) is 0. The summed E-state index contributed by atoms with van der Waals surface area (Å²) >= 11 is 1.24. The number of benzene rings is 2. The number of ether oxygens (including phenoxy) is 1. The lowest BCUT2D eigenvalue weighted by Crippen LogP contribution is -2.30. The Labute approximate surface area is 212 Å². The van der Waals surface area contributed by atoms with E-state index in [4.69, 9.17) is 9.15 Å². The molecule has 0 fully saturated rings. The SMILES string of the molecule is COc1cccc(CN2C(=O)C(O)=C(C(=O)c3sc(-c4ccccc4)nc3C)C2c2ccc(C)o2)c1. The second-order valence-corrected chi connectivity index (χ2v) is 9.53. The molecule has 0 aliphatic carbocycles. The lowest BCUT2D eigenvalue weighted by atomic mass is 9.99. The van der Waals surface area contributed by atoms with Crippen molar-refractivity contribution >= 4 is 23.0 Å². The van der Waals surface area contributed by atoms with E-state index in [2.05, 4.69) is 4.98 Å². The first-order valence-electron chi connectivity index (χ1n) is 11.4. The summed E-state index contributed by atoms with van der Waals surface area (Å²) in [7, 11) is 1.57. The Balaban J connectivity index is 1.56. The average Bonchev–Trinajstić information content (AvgIpc) is 3.56. The zero-order valence-corrected chi connectivity index (χ0v) is 20.8. The number of aliphatic hydroxyl groups is 1. The summed E-state index contributed by atoms with van der Waals surface area (Å²) in [5.74, 6) is 0.0394. The van der Waals surface area contributed by atoms with Gasteiger partial charge in [0, 0.05) is 12.1 Å². The maximum atomic E-state index is 13.9. The van der Waals surface area contributed by atoms with E-state index in [9.17, 15) is 14.7 Å². The van der Waals surface area contributed by atoms with Crippen LogP contribution < -0.4 is 4.74 Å². The van der Waals surface area contributed by atoms with E-state index in [1.54, 1.807) is 33.1 Å². The van der Waals surface area contributed by atoms with E-state index in [0.29, 0.717) is 32.8 Å². The van der Waals surface area contributed by atoms with Crippen molar-refractivity contribution in [3.8, 4) is 16.3 Å². The number of furan rings is 1. The first-order chi connectivity index (χ1) is 17.4. The first-order valence-corrected chi connectivity index (χ1v) is 12.2. The van der Waals surface area contributed by atoms with Crippen molar-refractivity contribution in [2.75, 3.05) is 7.11 Å². The Morgan fingerprint density at radius 2 is 1.89 bits per heavy atom. The smallest absolute Gasteiger partial charge is 0.290 e. The molecule has 0 saturated carbocycles. The number of methoxy groups -OCH3 is 1. The summed E-state index contributed by atoms with van der Waals surface area (Å²) in [5, 5.41) is 11.7. The van der Waals surface area contributed by atoms with Crippen molar-refractivity contribution in [2.45, 2.75) is 26.4 Å². The third-order valence-electron chi connectivity index (χ3n) is 6.09. The number of carbonyl (C=O) groups excluding carboxylic acids is 2. The Morgan fingerprint density at radius 1 is 1.11 bits per heavy atom. The van der Waals surface area contributed by atoms with Crippen molar-refractivity contribution in [3.05, 3.63) is 106 Å². The molecule has 1 amide bonds. The Morgan fingerprint density at radius 3 is 2.58 bits per heavy atom. The van der Waals surface area contributed by atoms with Crippen molar-refractivity contribution in [1.29, 1.82) is 0 Å². The van der Waals surface area contributed by atoms with Gasteiger partial charge in [-0.1, -0.05) is 42.5 Å². The highest BCUT2D eigenvalue weighted by Crippen LogP contribution is 2.42. The van der Waals surface area contributed by atoms with Gasteiger partial charge in [-0.05, 0) is 43.7 Å². The molecule has 4 aromatic rings. The minimum atomic E-state index is -0.883. The van der Waals surface area contributed by atoms with Crippen LogP contribution >= 0.6 is 11.3 Å². The van der Waals surface area contributed by atoms with Crippen LogP contribution in [0.15, 0.2) is 82.5 Å². The van der Waals surface area contributed by atoms with Crippen molar-refractivity contribution in [3.63, 3.8) is 0 Å². The number of aryl methyl sites for hydroxylation is 2. The first kappa shape index (κ1) is 23.6. The van der Waals surface area contributed by atoms with Gasteiger partial charge in [0.15, 0.2) is 5.76 Å². The number of carbonyl (C=O) groups is 2. The molecule has 1 N–H and O–H groups in total. The molecule has 0 bridgehead atoms. The molecule has 36 heavy (non-hydrogen) atoms. The van der Waals surface area contributed by atoms with Crippen LogP contribution in [0.5, 0.6) is 5.75 Å². The van der Waals surface area contributed by atoms with Gasteiger partial charge in [0.05, 0.1) is 23.3 Å². The number of hydrogen-bond acceptors (Lipinski definition) is 7. The molecule has 2 aromatic carbocycles. The molecule has 182 valence electrons. The number of aromatic nitrogens is 1. The zero-order chi connectivity index (χ0) is 25.4. The number of aliphatic hydroxyl groups excluding tert-OH is 1. The van der Waals surface area contributed by atoms with Crippen molar-refractivity contribution in [1.82, 2.24) is 9.88 Å². The van der Waals surface area contributed by atoms with E-state index in [0.717, 1.165) is 11.1 Å². The number of Topliss-reactive ketones (excluding diaryl/α,β-unsaturated/α-hetero) is 1. The van der Waals surface area contributed by atoms with Gasteiger partial charge in [-0.25, -0.2) is 4.98 Å². The van der Waals surface area contributed by atoms with Crippen LogP contribution in [-0.2, 0) is 11.3 Å². The fourth-order valence-corrected chi connectivity index (χ4v) is 5.37. The topological polar surface area (TPSA) is 92.9 Å². The van der Waals surface area contributed by atoms with Crippen LogP contribution in [-0.4, -0.2) is 33.8 Å². The molecule has 2 aromatic heterocycles. The summed E-state index contributed by atoms with van der Waals surface area (Å²) in [5.41, 5.74) is 2.21. The standard InChI is InChI=1S/C28H24N2O5S/c1-16-12-13-21(35-16)23-22(24(31)26-17(2)29-27(36-26)19-9-5-4-6-10-19)25(32)28(33)30(23)15-18-8-7-11-20(14-18)34-3/h4-14,23,32H,15H2,1-3H3. The second kappa shape index (κ2) is 9.47. The Kier molecular flexibility index (Phi) is 6.20. The van der Waals surface area contributed by atoms with E-state index in [-0.39, 0.29) is 12.1 Å². The molecule has 0 saturated heterocycles. The number of nitrogens with zero attached hydrogens (tertiary/aromatic N) is 2. The maximum absolute atomic E-state index is 13.9. The van der Waals surface area contributed by atoms with Gasteiger partial charge in [0.1, 0.15) is 28.3 Å². The third-order valence-corrected chi connectivity index (χ3v) is 7.29. The molecule has 3 heterocycles. The zero-order valence-electron chi connectivity index (χ0n) is 20.0. The fourth-order valence-electron chi connectivity index (χ4n) is 4.35. The van der Waals surface area contributed by atoms with Crippen molar-refractivity contribution in [2.24, 2.45) is 0 Å². The predicted octanol–water partition coefficient (Wildman–Crippen LogP) is 5.81. The number of ketones is 1. The molecule has 5 rings (SSSR count). The van der Waals surface area contributed by atoms with E-state index < -0.39 is 23.5 Å². The van der Waals surface area contributed by atoms with Gasteiger partial charge < -0.3 is 19.2 Å². The molecule has 8 heteroatoms. The summed E-state index contributed by atoms with van der Waals surface area (Å²) in [6.45, 7) is 3.69. The third kappa shape index (κ3) is 4.20. The molecule has 1 aliphatic heterocycles. The van der Waals surface area contributed by atoms with E-state index in [1.165, 1.54) is 16.2 Å².